The van der Waals surface area contributed by atoms with E-state index in [1.54, 1.807) is 13.0 Å². The molecular formula is C14H20BFO2. The molecule has 1 saturated heterocycles. The first kappa shape index (κ1) is 13.6. The zero-order valence-electron chi connectivity index (χ0n) is 11.7. The van der Waals surface area contributed by atoms with Crippen molar-refractivity contribution in [1.29, 1.82) is 0 Å². The van der Waals surface area contributed by atoms with E-state index in [2.05, 4.69) is 0 Å². The Bertz CT molecular complexity index is 441. The largest absolute Gasteiger partial charge is 0.462 e. The molecule has 0 atom stereocenters. The average molecular weight is 250 g/mol. The van der Waals surface area contributed by atoms with Crippen molar-refractivity contribution in [1.82, 2.24) is 0 Å². The lowest BCUT2D eigenvalue weighted by Gasteiger charge is -2.32. The standard InChI is InChI=1S/C14H20BFO2/c1-10-8-11(6-7-12(10)16)9-15-17-13(2,3)14(4,5)18-15/h6-8H,9H2,1-5H3. The van der Waals surface area contributed by atoms with Crippen LogP contribution in [0.4, 0.5) is 4.39 Å². The highest BCUT2D eigenvalue weighted by atomic mass is 19.1. The number of hydrogen-bond acceptors (Lipinski definition) is 2. The molecule has 1 aromatic rings. The normalized spacial score (nSPS) is 21.3. The summed E-state index contributed by atoms with van der Waals surface area (Å²) in [4.78, 5) is 0. The fourth-order valence-corrected chi connectivity index (χ4v) is 2.07. The molecule has 98 valence electrons. The summed E-state index contributed by atoms with van der Waals surface area (Å²) >= 11 is 0. The average Bonchev–Trinajstić information content (AvgIpc) is 2.41. The minimum Gasteiger partial charge on any atom is -0.403 e. The molecular weight excluding hydrogens is 230 g/mol. The first-order valence-corrected chi connectivity index (χ1v) is 6.32. The minimum atomic E-state index is -0.313. The van der Waals surface area contributed by atoms with Crippen molar-refractivity contribution in [3.63, 3.8) is 0 Å². The van der Waals surface area contributed by atoms with Gasteiger partial charge in [0.25, 0.3) is 0 Å². The van der Waals surface area contributed by atoms with Crippen molar-refractivity contribution < 1.29 is 13.7 Å². The van der Waals surface area contributed by atoms with E-state index in [0.717, 1.165) is 5.56 Å². The van der Waals surface area contributed by atoms with E-state index in [-0.39, 0.29) is 24.1 Å². The molecule has 1 heterocycles. The second kappa shape index (κ2) is 4.35. The van der Waals surface area contributed by atoms with E-state index >= 15 is 0 Å². The van der Waals surface area contributed by atoms with Crippen LogP contribution in [0.3, 0.4) is 0 Å². The molecule has 1 aromatic carbocycles. The number of hydrogen-bond donors (Lipinski definition) is 0. The lowest BCUT2D eigenvalue weighted by Crippen LogP contribution is -2.41. The molecule has 0 radical (unpaired) electrons. The van der Waals surface area contributed by atoms with Crippen molar-refractivity contribution in [3.8, 4) is 0 Å². The van der Waals surface area contributed by atoms with Gasteiger partial charge in [-0.15, -0.1) is 0 Å². The third-order valence-corrected chi connectivity index (χ3v) is 3.93. The monoisotopic (exact) mass is 250 g/mol. The molecule has 0 aromatic heterocycles. The minimum absolute atomic E-state index is 0.173. The van der Waals surface area contributed by atoms with Crippen molar-refractivity contribution in [3.05, 3.63) is 35.1 Å². The molecule has 0 aliphatic carbocycles. The van der Waals surface area contributed by atoms with Crippen molar-refractivity contribution in [2.24, 2.45) is 0 Å². The van der Waals surface area contributed by atoms with E-state index in [9.17, 15) is 4.39 Å². The van der Waals surface area contributed by atoms with Crippen LogP contribution in [0.25, 0.3) is 0 Å². The number of rotatable bonds is 2. The van der Waals surface area contributed by atoms with E-state index in [1.807, 2.05) is 33.8 Å². The smallest absolute Gasteiger partial charge is 0.403 e. The Morgan fingerprint density at radius 1 is 1.11 bits per heavy atom. The lowest BCUT2D eigenvalue weighted by atomic mass is 9.80. The molecule has 1 aliphatic rings. The van der Waals surface area contributed by atoms with Crippen LogP contribution in [0.5, 0.6) is 0 Å². The van der Waals surface area contributed by atoms with Crippen molar-refractivity contribution >= 4 is 7.12 Å². The van der Waals surface area contributed by atoms with Gasteiger partial charge in [0.15, 0.2) is 0 Å². The summed E-state index contributed by atoms with van der Waals surface area (Å²) < 4.78 is 25.0. The van der Waals surface area contributed by atoms with Gasteiger partial charge in [0.2, 0.25) is 0 Å². The predicted octanol–water partition coefficient (Wildman–Crippen LogP) is 3.31. The second-order valence-electron chi connectivity index (χ2n) is 5.97. The van der Waals surface area contributed by atoms with Crippen LogP contribution in [0.15, 0.2) is 18.2 Å². The van der Waals surface area contributed by atoms with Gasteiger partial charge in [-0.2, -0.15) is 0 Å². The van der Waals surface area contributed by atoms with Gasteiger partial charge in [-0.3, -0.25) is 0 Å². The third kappa shape index (κ3) is 2.45. The van der Waals surface area contributed by atoms with Gasteiger partial charge in [0.05, 0.1) is 11.2 Å². The van der Waals surface area contributed by atoms with Gasteiger partial charge in [-0.1, -0.05) is 12.1 Å². The molecule has 0 N–H and O–H groups in total. The fourth-order valence-electron chi connectivity index (χ4n) is 2.07. The van der Waals surface area contributed by atoms with Crippen molar-refractivity contribution in [2.45, 2.75) is 52.1 Å². The molecule has 0 unspecified atom stereocenters. The Morgan fingerprint density at radius 2 is 1.67 bits per heavy atom. The topological polar surface area (TPSA) is 18.5 Å². The molecule has 1 aliphatic heterocycles. The van der Waals surface area contributed by atoms with E-state index in [4.69, 9.17) is 9.31 Å². The first-order chi connectivity index (χ1) is 8.21. The maximum Gasteiger partial charge on any atom is 0.462 e. The summed E-state index contributed by atoms with van der Waals surface area (Å²) in [6, 6.07) is 5.13. The molecule has 4 heteroatoms. The Balaban J connectivity index is 2.10. The van der Waals surface area contributed by atoms with Gasteiger partial charge < -0.3 is 9.31 Å². The molecule has 0 saturated carbocycles. The van der Waals surface area contributed by atoms with E-state index < -0.39 is 0 Å². The van der Waals surface area contributed by atoms with Gasteiger partial charge >= 0.3 is 7.12 Å². The quantitative estimate of drug-likeness (QED) is 0.749. The molecule has 2 rings (SSSR count). The van der Waals surface area contributed by atoms with Crippen LogP contribution >= 0.6 is 0 Å². The summed E-state index contributed by atoms with van der Waals surface area (Å²) in [5, 5.41) is 0. The lowest BCUT2D eigenvalue weighted by molar-refractivity contribution is 0.00578. The maximum atomic E-state index is 13.2. The van der Waals surface area contributed by atoms with Crippen molar-refractivity contribution in [2.75, 3.05) is 0 Å². The molecule has 2 nitrogen and oxygen atoms in total. The summed E-state index contributed by atoms with van der Waals surface area (Å²) in [6.07, 6.45) is 0.647. The molecule has 1 fully saturated rings. The Kier molecular flexibility index (Phi) is 3.28. The van der Waals surface area contributed by atoms with Gasteiger partial charge in [0.1, 0.15) is 5.82 Å². The first-order valence-electron chi connectivity index (χ1n) is 6.32. The predicted molar refractivity (Wildman–Crippen MR) is 70.9 cm³/mol. The Hall–Kier alpha value is -0.865. The number of aryl methyl sites for hydroxylation is 1. The van der Waals surface area contributed by atoms with Gasteiger partial charge in [-0.05, 0) is 51.8 Å². The molecule has 0 spiro atoms. The Labute approximate surface area is 109 Å². The molecule has 18 heavy (non-hydrogen) atoms. The van der Waals surface area contributed by atoms with Crippen LogP contribution in [-0.2, 0) is 15.6 Å². The van der Waals surface area contributed by atoms with Crippen LogP contribution < -0.4 is 0 Å². The molecule has 0 bridgehead atoms. The zero-order valence-corrected chi connectivity index (χ0v) is 11.7. The van der Waals surface area contributed by atoms with Crippen LogP contribution in [0, 0.1) is 12.7 Å². The summed E-state index contributed by atoms with van der Waals surface area (Å²) in [5.41, 5.74) is 1.07. The van der Waals surface area contributed by atoms with E-state index in [1.165, 1.54) is 6.07 Å². The third-order valence-electron chi connectivity index (χ3n) is 3.93. The zero-order chi connectivity index (χ0) is 13.6. The molecule has 0 amide bonds. The Morgan fingerprint density at radius 3 is 2.17 bits per heavy atom. The highest BCUT2D eigenvalue weighted by molar-refractivity contribution is 6.45. The highest BCUT2D eigenvalue weighted by Gasteiger charge is 2.50. The van der Waals surface area contributed by atoms with Gasteiger partial charge in [-0.25, -0.2) is 4.39 Å². The summed E-state index contributed by atoms with van der Waals surface area (Å²) in [6.45, 7) is 9.89. The van der Waals surface area contributed by atoms with Crippen LogP contribution in [0.1, 0.15) is 38.8 Å². The summed E-state index contributed by atoms with van der Waals surface area (Å²) in [7, 11) is -0.264. The number of benzene rings is 1. The summed E-state index contributed by atoms with van der Waals surface area (Å²) in [5.74, 6) is -0.173. The number of halogens is 1. The van der Waals surface area contributed by atoms with Gasteiger partial charge in [0, 0.05) is 6.32 Å². The fraction of sp³-hybridized carbons (Fsp3) is 0.571. The van der Waals surface area contributed by atoms with E-state index in [0.29, 0.717) is 11.9 Å². The SMILES string of the molecule is Cc1cc(CB2OC(C)(C)C(C)(C)O2)ccc1F. The second-order valence-corrected chi connectivity index (χ2v) is 5.97. The maximum absolute atomic E-state index is 13.2. The van der Waals surface area contributed by atoms with Crippen LogP contribution in [0.2, 0.25) is 0 Å². The highest BCUT2D eigenvalue weighted by Crippen LogP contribution is 2.37. The van der Waals surface area contributed by atoms with Crippen LogP contribution in [-0.4, -0.2) is 18.3 Å².